The Morgan fingerprint density at radius 1 is 0.949 bits per heavy atom. The molecule has 3 aliphatic carbocycles. The van der Waals surface area contributed by atoms with Crippen LogP contribution < -0.4 is 0 Å². The van der Waals surface area contributed by atoms with Gasteiger partial charge in [0.1, 0.15) is 22.4 Å². The third-order valence-electron chi connectivity index (χ3n) is 7.96. The van der Waals surface area contributed by atoms with Crippen LogP contribution in [0.5, 0.6) is 0 Å². The van der Waals surface area contributed by atoms with Gasteiger partial charge in [0.15, 0.2) is 0 Å². The van der Waals surface area contributed by atoms with Gasteiger partial charge in [-0.15, -0.1) is 23.2 Å². The summed E-state index contributed by atoms with van der Waals surface area (Å²) in [5.41, 5.74) is 2.39. The number of nitrogens with zero attached hydrogens (tertiary/aromatic N) is 2. The van der Waals surface area contributed by atoms with E-state index < -0.39 is 56.9 Å². The maximum absolute atomic E-state index is 14.0. The molecule has 0 saturated carbocycles. The zero-order valence-corrected chi connectivity index (χ0v) is 22.5. The molecule has 2 amide bonds. The van der Waals surface area contributed by atoms with Crippen molar-refractivity contribution in [2.75, 3.05) is 0 Å². The highest BCUT2D eigenvalue weighted by atomic mass is 35.5. The second-order valence-corrected chi connectivity index (χ2v) is 11.5. The number of rotatable bonds is 5. The van der Waals surface area contributed by atoms with Gasteiger partial charge < -0.3 is 4.74 Å². The summed E-state index contributed by atoms with van der Waals surface area (Å²) >= 11 is 20.6. The lowest BCUT2D eigenvalue weighted by Crippen LogP contribution is -2.57. The summed E-state index contributed by atoms with van der Waals surface area (Å²) in [5, 5.41) is 11.5. The van der Waals surface area contributed by atoms with Crippen molar-refractivity contribution in [2.24, 2.45) is 11.8 Å². The number of nitro benzene ring substituents is 1. The zero-order chi connectivity index (χ0) is 27.9. The predicted octanol–water partition coefficient (Wildman–Crippen LogP) is 5.27. The molecule has 1 aliphatic heterocycles. The van der Waals surface area contributed by atoms with Crippen molar-refractivity contribution >= 4 is 58.3 Å². The van der Waals surface area contributed by atoms with Gasteiger partial charge in [0, 0.05) is 11.1 Å². The molecule has 7 rings (SSSR count). The third-order valence-corrected chi connectivity index (χ3v) is 9.48. The van der Waals surface area contributed by atoms with Crippen molar-refractivity contribution in [2.45, 2.75) is 29.3 Å². The summed E-state index contributed by atoms with van der Waals surface area (Å²) in [4.78, 5) is 49.9. The van der Waals surface area contributed by atoms with Crippen molar-refractivity contribution in [1.29, 1.82) is 0 Å². The van der Waals surface area contributed by atoms with Crippen LogP contribution in [0.25, 0.3) is 0 Å². The molecule has 1 heterocycles. The molecule has 0 N–H and O–H groups in total. The Balaban J connectivity index is 1.35. The lowest BCUT2D eigenvalue weighted by Gasteiger charge is -2.54. The van der Waals surface area contributed by atoms with Crippen molar-refractivity contribution < 1.29 is 24.0 Å². The molecular formula is C28H19Cl3N2O6. The molecule has 39 heavy (non-hydrogen) atoms. The number of ether oxygens (including phenoxy) is 1. The van der Waals surface area contributed by atoms with E-state index in [4.69, 9.17) is 39.5 Å². The number of alkyl halides is 2. The highest BCUT2D eigenvalue weighted by molar-refractivity contribution is 6.36. The SMILES string of the molecule is C[C@H](C(=O)OCc1ccc(Cl)cc1[N+](=O)[O-])N1C(=O)[C@@H]2[C@H](C1=O)C1(Cl)c3ccccc3C2(Cl)c2ccccc21. The van der Waals surface area contributed by atoms with E-state index in [1.165, 1.54) is 19.1 Å². The highest BCUT2D eigenvalue weighted by Crippen LogP contribution is 2.69. The largest absolute Gasteiger partial charge is 0.459 e. The number of hydrogen-bond donors (Lipinski definition) is 0. The first kappa shape index (κ1) is 25.8. The standard InChI is InChI=1S/C28H19Cl3N2O6/c1-14(26(36)39-13-15-10-11-16(29)12-21(15)33(37)38)32-24(34)22-23(25(32)35)28(31)18-7-3-2-6-17(18)27(22,30)19-8-4-5-9-20(19)28/h2-12,14,22-23H,13H2,1H3/t14-,22-,23+,27?,28?/m1/s1. The topological polar surface area (TPSA) is 107 Å². The summed E-state index contributed by atoms with van der Waals surface area (Å²) < 4.78 is 5.33. The molecule has 0 radical (unpaired) electrons. The fraction of sp³-hybridized carbons (Fsp3) is 0.250. The molecule has 0 aromatic heterocycles. The Bertz CT molecular complexity index is 1490. The highest BCUT2D eigenvalue weighted by Gasteiger charge is 2.73. The number of halogens is 3. The van der Waals surface area contributed by atoms with E-state index in [0.717, 1.165) is 11.0 Å². The number of carbonyl (C=O) groups is 3. The molecule has 198 valence electrons. The van der Waals surface area contributed by atoms with E-state index in [9.17, 15) is 24.5 Å². The number of carbonyl (C=O) groups excluding carboxylic acids is 3. The summed E-state index contributed by atoms with van der Waals surface area (Å²) in [5.74, 6) is -4.27. The summed E-state index contributed by atoms with van der Waals surface area (Å²) in [6, 6.07) is 17.1. The predicted molar refractivity (Wildman–Crippen MR) is 142 cm³/mol. The van der Waals surface area contributed by atoms with Gasteiger partial charge in [0.05, 0.1) is 22.3 Å². The van der Waals surface area contributed by atoms with E-state index in [1.54, 1.807) is 24.3 Å². The Hall–Kier alpha value is -3.46. The summed E-state index contributed by atoms with van der Waals surface area (Å²) in [7, 11) is 0. The molecule has 0 spiro atoms. The van der Waals surface area contributed by atoms with Gasteiger partial charge >= 0.3 is 5.97 Å². The zero-order valence-electron chi connectivity index (χ0n) is 20.3. The van der Waals surface area contributed by atoms with Crippen molar-refractivity contribution in [3.05, 3.63) is 110 Å². The Morgan fingerprint density at radius 2 is 1.41 bits per heavy atom. The second-order valence-electron chi connectivity index (χ2n) is 9.83. The van der Waals surface area contributed by atoms with Crippen LogP contribution in [-0.2, 0) is 35.5 Å². The lowest BCUT2D eigenvalue weighted by molar-refractivity contribution is -0.385. The fourth-order valence-electron chi connectivity index (χ4n) is 6.27. The van der Waals surface area contributed by atoms with Gasteiger partial charge in [-0.25, -0.2) is 4.79 Å². The summed E-state index contributed by atoms with van der Waals surface area (Å²) in [6.45, 7) is 0.922. The number of imide groups is 1. The Labute approximate surface area is 237 Å². The molecule has 3 atom stereocenters. The monoisotopic (exact) mass is 584 g/mol. The van der Waals surface area contributed by atoms with Crippen LogP contribution in [0.15, 0.2) is 66.7 Å². The maximum atomic E-state index is 14.0. The minimum absolute atomic E-state index is 0.112. The molecule has 11 heteroatoms. The van der Waals surface area contributed by atoms with E-state index in [-0.39, 0.29) is 16.3 Å². The van der Waals surface area contributed by atoms with Crippen molar-refractivity contribution in [3.8, 4) is 0 Å². The molecule has 3 aromatic rings. The third kappa shape index (κ3) is 3.35. The van der Waals surface area contributed by atoms with Crippen molar-refractivity contribution in [3.63, 3.8) is 0 Å². The van der Waals surface area contributed by atoms with Crippen LogP contribution in [0.2, 0.25) is 5.02 Å². The van der Waals surface area contributed by atoms with Gasteiger partial charge in [-0.05, 0) is 41.3 Å². The van der Waals surface area contributed by atoms with Gasteiger partial charge in [-0.3, -0.25) is 24.6 Å². The molecule has 1 fully saturated rings. The Morgan fingerprint density at radius 3 is 1.85 bits per heavy atom. The van der Waals surface area contributed by atoms with Crippen LogP contribution in [0, 0.1) is 22.0 Å². The average Bonchev–Trinajstić information content (AvgIpc) is 3.21. The van der Waals surface area contributed by atoms with Crippen LogP contribution in [0.3, 0.4) is 0 Å². The Kier molecular flexibility index (Phi) is 5.81. The first-order valence-corrected chi connectivity index (χ1v) is 13.2. The van der Waals surface area contributed by atoms with Gasteiger partial charge in [0.25, 0.3) is 5.69 Å². The van der Waals surface area contributed by atoms with Crippen LogP contribution in [0.4, 0.5) is 5.69 Å². The van der Waals surface area contributed by atoms with E-state index >= 15 is 0 Å². The quantitative estimate of drug-likeness (QED) is 0.133. The van der Waals surface area contributed by atoms with Crippen LogP contribution in [0.1, 0.15) is 34.7 Å². The normalized spacial score (nSPS) is 27.0. The number of hydrogen-bond acceptors (Lipinski definition) is 6. The second kappa shape index (κ2) is 8.78. The number of esters is 1. The number of amides is 2. The average molecular weight is 586 g/mol. The van der Waals surface area contributed by atoms with Gasteiger partial charge in [-0.1, -0.05) is 60.1 Å². The van der Waals surface area contributed by atoms with E-state index in [2.05, 4.69) is 0 Å². The first-order valence-electron chi connectivity index (χ1n) is 12.1. The molecule has 4 aliphatic rings. The maximum Gasteiger partial charge on any atom is 0.329 e. The number of likely N-dealkylation sites (tertiary alicyclic amines) is 1. The van der Waals surface area contributed by atoms with Crippen LogP contribution >= 0.6 is 34.8 Å². The molecule has 8 nitrogen and oxygen atoms in total. The minimum atomic E-state index is -1.37. The smallest absolute Gasteiger partial charge is 0.329 e. The molecule has 3 aromatic carbocycles. The number of benzene rings is 3. The van der Waals surface area contributed by atoms with Crippen LogP contribution in [-0.4, -0.2) is 33.6 Å². The molecular weight excluding hydrogens is 567 g/mol. The molecule has 2 bridgehead atoms. The van der Waals surface area contributed by atoms with E-state index in [1.807, 2.05) is 24.3 Å². The molecule has 1 saturated heterocycles. The lowest BCUT2D eigenvalue weighted by atomic mass is 9.54. The number of nitro groups is 1. The van der Waals surface area contributed by atoms with Crippen molar-refractivity contribution in [1.82, 2.24) is 4.90 Å². The molecule has 0 unspecified atom stereocenters. The fourth-order valence-corrected chi connectivity index (χ4v) is 7.54. The first-order chi connectivity index (χ1) is 18.5. The van der Waals surface area contributed by atoms with Gasteiger partial charge in [-0.2, -0.15) is 0 Å². The summed E-state index contributed by atoms with van der Waals surface area (Å²) in [6.07, 6.45) is 0. The van der Waals surface area contributed by atoms with E-state index in [0.29, 0.717) is 22.3 Å². The van der Waals surface area contributed by atoms with Gasteiger partial charge in [0.2, 0.25) is 11.8 Å². The minimum Gasteiger partial charge on any atom is -0.459 e.